The van der Waals surface area contributed by atoms with Crippen LogP contribution in [0, 0.1) is 19.8 Å². The summed E-state index contributed by atoms with van der Waals surface area (Å²) in [6, 6.07) is 14.0. The molecule has 0 radical (unpaired) electrons. The monoisotopic (exact) mass is 393 g/mol. The summed E-state index contributed by atoms with van der Waals surface area (Å²) in [7, 11) is 0. The van der Waals surface area contributed by atoms with E-state index in [4.69, 9.17) is 0 Å². The fourth-order valence-corrected chi connectivity index (χ4v) is 3.99. The molecule has 0 aromatic heterocycles. The molecule has 2 N–H and O–H groups in total. The summed E-state index contributed by atoms with van der Waals surface area (Å²) in [4.78, 5) is 27.2. The van der Waals surface area contributed by atoms with Crippen molar-refractivity contribution in [1.82, 2.24) is 4.90 Å². The number of likely N-dealkylation sites (tertiary alicyclic amines) is 1. The second kappa shape index (κ2) is 9.70. The SMILES string of the molecule is CCc1ccccc1NC(=O)C1CCN(CC(=O)Nc2cc(C)cc(C)c2)CC1. The molecule has 2 aromatic rings. The van der Waals surface area contributed by atoms with E-state index in [0.717, 1.165) is 60.4 Å². The molecule has 154 valence electrons. The highest BCUT2D eigenvalue weighted by atomic mass is 16.2. The summed E-state index contributed by atoms with van der Waals surface area (Å²) in [6.45, 7) is 8.02. The molecule has 0 spiro atoms. The molecule has 3 rings (SSSR count). The summed E-state index contributed by atoms with van der Waals surface area (Å²) in [6.07, 6.45) is 2.44. The molecule has 0 saturated carbocycles. The number of hydrogen-bond donors (Lipinski definition) is 2. The van der Waals surface area contributed by atoms with Gasteiger partial charge >= 0.3 is 0 Å². The van der Waals surface area contributed by atoms with Crippen LogP contribution < -0.4 is 10.6 Å². The number of nitrogens with one attached hydrogen (secondary N) is 2. The van der Waals surface area contributed by atoms with Crippen molar-refractivity contribution in [2.45, 2.75) is 40.0 Å². The van der Waals surface area contributed by atoms with Crippen molar-refractivity contribution in [1.29, 1.82) is 0 Å². The van der Waals surface area contributed by atoms with E-state index in [1.165, 1.54) is 0 Å². The molecule has 1 aliphatic heterocycles. The average Bonchev–Trinajstić information content (AvgIpc) is 2.68. The Kier molecular flexibility index (Phi) is 7.04. The van der Waals surface area contributed by atoms with Crippen LogP contribution in [0.1, 0.15) is 36.5 Å². The number of carbonyl (C=O) groups excluding carboxylic acids is 2. The zero-order valence-electron chi connectivity index (χ0n) is 17.6. The maximum atomic E-state index is 12.7. The Balaban J connectivity index is 1.47. The lowest BCUT2D eigenvalue weighted by molar-refractivity contribution is -0.121. The lowest BCUT2D eigenvalue weighted by atomic mass is 9.95. The van der Waals surface area contributed by atoms with Crippen molar-refractivity contribution in [2.24, 2.45) is 5.92 Å². The van der Waals surface area contributed by atoms with Gasteiger partial charge in [0, 0.05) is 17.3 Å². The van der Waals surface area contributed by atoms with E-state index in [9.17, 15) is 9.59 Å². The minimum Gasteiger partial charge on any atom is -0.326 e. The van der Waals surface area contributed by atoms with E-state index in [0.29, 0.717) is 6.54 Å². The number of nitrogens with zero attached hydrogens (tertiary/aromatic N) is 1. The van der Waals surface area contributed by atoms with Crippen molar-refractivity contribution in [3.05, 3.63) is 59.2 Å². The fourth-order valence-electron chi connectivity index (χ4n) is 3.99. The molecule has 0 bridgehead atoms. The Morgan fingerprint density at radius 2 is 1.66 bits per heavy atom. The standard InChI is InChI=1S/C24H31N3O2/c1-4-19-7-5-6-8-22(19)26-24(29)20-9-11-27(12-10-20)16-23(28)25-21-14-17(2)13-18(3)15-21/h5-8,13-15,20H,4,9-12,16H2,1-3H3,(H,25,28)(H,26,29). The van der Waals surface area contributed by atoms with Crippen LogP contribution >= 0.6 is 0 Å². The molecular formula is C24H31N3O2. The van der Waals surface area contributed by atoms with Gasteiger partial charge in [0.15, 0.2) is 0 Å². The van der Waals surface area contributed by atoms with Crippen molar-refractivity contribution in [2.75, 3.05) is 30.3 Å². The summed E-state index contributed by atoms with van der Waals surface area (Å²) in [5.74, 6) is 0.0821. The zero-order chi connectivity index (χ0) is 20.8. The Labute approximate surface area is 173 Å². The predicted molar refractivity (Wildman–Crippen MR) is 118 cm³/mol. The van der Waals surface area contributed by atoms with Gasteiger partial charge in [0.05, 0.1) is 6.54 Å². The lowest BCUT2D eigenvalue weighted by Crippen LogP contribution is -2.41. The van der Waals surface area contributed by atoms with Gasteiger partial charge in [-0.1, -0.05) is 31.2 Å². The Morgan fingerprint density at radius 1 is 1.00 bits per heavy atom. The third kappa shape index (κ3) is 5.91. The number of amides is 2. The van der Waals surface area contributed by atoms with Gasteiger partial charge in [0.25, 0.3) is 0 Å². The highest BCUT2D eigenvalue weighted by Gasteiger charge is 2.26. The number of benzene rings is 2. The van der Waals surface area contributed by atoms with Gasteiger partial charge in [-0.05, 0) is 81.1 Å². The van der Waals surface area contributed by atoms with Crippen LogP contribution in [0.4, 0.5) is 11.4 Å². The van der Waals surface area contributed by atoms with Gasteiger partial charge in [0.2, 0.25) is 11.8 Å². The average molecular weight is 394 g/mol. The van der Waals surface area contributed by atoms with Crippen molar-refractivity contribution in [3.8, 4) is 0 Å². The molecule has 0 atom stereocenters. The van der Waals surface area contributed by atoms with Crippen molar-refractivity contribution < 1.29 is 9.59 Å². The summed E-state index contributed by atoms with van der Waals surface area (Å²) >= 11 is 0. The first kappa shape index (κ1) is 21.1. The maximum absolute atomic E-state index is 12.7. The van der Waals surface area contributed by atoms with Gasteiger partial charge in [-0.15, -0.1) is 0 Å². The molecule has 1 fully saturated rings. The van der Waals surface area contributed by atoms with Crippen LogP contribution in [0.15, 0.2) is 42.5 Å². The number of anilines is 2. The second-order valence-electron chi connectivity index (χ2n) is 7.97. The molecule has 2 aromatic carbocycles. The van der Waals surface area contributed by atoms with E-state index >= 15 is 0 Å². The number of para-hydroxylation sites is 1. The normalized spacial score (nSPS) is 15.1. The largest absolute Gasteiger partial charge is 0.326 e. The number of aryl methyl sites for hydroxylation is 3. The van der Waals surface area contributed by atoms with Gasteiger partial charge in [0.1, 0.15) is 0 Å². The molecule has 2 amide bonds. The van der Waals surface area contributed by atoms with Crippen LogP contribution in [0.25, 0.3) is 0 Å². The van der Waals surface area contributed by atoms with Gasteiger partial charge in [-0.25, -0.2) is 0 Å². The topological polar surface area (TPSA) is 61.4 Å². The smallest absolute Gasteiger partial charge is 0.238 e. The number of rotatable bonds is 6. The summed E-state index contributed by atoms with van der Waals surface area (Å²) in [5.41, 5.74) is 5.18. The van der Waals surface area contributed by atoms with Gasteiger partial charge in [-0.2, -0.15) is 0 Å². The summed E-state index contributed by atoms with van der Waals surface area (Å²) < 4.78 is 0. The quantitative estimate of drug-likeness (QED) is 0.775. The van der Waals surface area contributed by atoms with E-state index in [-0.39, 0.29) is 17.7 Å². The first-order valence-electron chi connectivity index (χ1n) is 10.4. The van der Waals surface area contributed by atoms with Crippen LogP contribution in [-0.4, -0.2) is 36.3 Å². The molecule has 5 heteroatoms. The van der Waals surface area contributed by atoms with Crippen molar-refractivity contribution in [3.63, 3.8) is 0 Å². The molecule has 1 saturated heterocycles. The highest BCUT2D eigenvalue weighted by molar-refractivity contribution is 5.94. The van der Waals surface area contributed by atoms with Crippen LogP contribution in [0.2, 0.25) is 0 Å². The lowest BCUT2D eigenvalue weighted by Gasteiger charge is -2.30. The second-order valence-corrected chi connectivity index (χ2v) is 7.97. The van der Waals surface area contributed by atoms with E-state index in [1.807, 2.05) is 50.2 Å². The first-order chi connectivity index (χ1) is 13.9. The van der Waals surface area contributed by atoms with Crippen LogP contribution in [-0.2, 0) is 16.0 Å². The minimum absolute atomic E-state index is 0.00125. The Morgan fingerprint density at radius 3 is 2.31 bits per heavy atom. The molecule has 0 unspecified atom stereocenters. The van der Waals surface area contributed by atoms with E-state index in [2.05, 4.69) is 28.5 Å². The highest BCUT2D eigenvalue weighted by Crippen LogP contribution is 2.22. The number of carbonyl (C=O) groups is 2. The molecular weight excluding hydrogens is 362 g/mol. The maximum Gasteiger partial charge on any atom is 0.238 e. The Bertz CT molecular complexity index is 850. The summed E-state index contributed by atoms with van der Waals surface area (Å²) in [5, 5.41) is 6.08. The fraction of sp³-hybridized carbons (Fsp3) is 0.417. The predicted octanol–water partition coefficient (Wildman–Crippen LogP) is 4.16. The minimum atomic E-state index is -0.00484. The Hall–Kier alpha value is -2.66. The van der Waals surface area contributed by atoms with Gasteiger partial charge < -0.3 is 10.6 Å². The molecule has 1 aliphatic rings. The number of hydrogen-bond acceptors (Lipinski definition) is 3. The van der Waals surface area contributed by atoms with Crippen LogP contribution in [0.5, 0.6) is 0 Å². The van der Waals surface area contributed by atoms with E-state index in [1.54, 1.807) is 0 Å². The third-order valence-corrected chi connectivity index (χ3v) is 5.49. The van der Waals surface area contributed by atoms with Crippen LogP contribution in [0.3, 0.4) is 0 Å². The first-order valence-corrected chi connectivity index (χ1v) is 10.4. The molecule has 5 nitrogen and oxygen atoms in total. The van der Waals surface area contributed by atoms with Gasteiger partial charge in [-0.3, -0.25) is 14.5 Å². The van der Waals surface area contributed by atoms with Crippen molar-refractivity contribution >= 4 is 23.2 Å². The molecule has 29 heavy (non-hydrogen) atoms. The molecule has 1 heterocycles. The number of piperidine rings is 1. The molecule has 0 aliphatic carbocycles. The van der Waals surface area contributed by atoms with E-state index < -0.39 is 0 Å². The zero-order valence-corrected chi connectivity index (χ0v) is 17.6. The third-order valence-electron chi connectivity index (χ3n) is 5.49.